The maximum atomic E-state index is 14.0. The largest absolute Gasteiger partial charge is 0.489 e. The molecule has 2 fully saturated rings. The molecule has 2 aromatic heterocycles. The summed E-state index contributed by atoms with van der Waals surface area (Å²) in [5.74, 6) is -1.04. The van der Waals surface area contributed by atoms with Gasteiger partial charge in [-0.1, -0.05) is 48.7 Å². The van der Waals surface area contributed by atoms with E-state index in [1.165, 1.54) is 33.8 Å². The van der Waals surface area contributed by atoms with Gasteiger partial charge in [0.15, 0.2) is 17.3 Å². The topological polar surface area (TPSA) is 68.7 Å². The molecule has 0 bridgehead atoms. The van der Waals surface area contributed by atoms with E-state index < -0.39 is 23.2 Å². The van der Waals surface area contributed by atoms with E-state index in [1.54, 1.807) is 42.5 Å². The van der Waals surface area contributed by atoms with Gasteiger partial charge in [0, 0.05) is 23.6 Å². The van der Waals surface area contributed by atoms with E-state index in [4.69, 9.17) is 26.1 Å². The molecule has 4 aromatic rings. The van der Waals surface area contributed by atoms with E-state index >= 15 is 0 Å². The molecule has 1 aliphatic carbocycles. The molecule has 1 aliphatic heterocycles. The molecule has 6 nitrogen and oxygen atoms in total. The van der Waals surface area contributed by atoms with Gasteiger partial charge in [0.1, 0.15) is 17.3 Å². The summed E-state index contributed by atoms with van der Waals surface area (Å²) in [6, 6.07) is 17.9. The van der Waals surface area contributed by atoms with Crippen LogP contribution < -0.4 is 9.47 Å². The molecular weight excluding hydrogens is 571 g/mol. The first kappa shape index (κ1) is 26.8. The molecule has 2 aliphatic rings. The Kier molecular flexibility index (Phi) is 7.29. The van der Waals surface area contributed by atoms with Crippen molar-refractivity contribution in [3.8, 4) is 17.4 Å². The zero-order valence-corrected chi connectivity index (χ0v) is 23.6. The number of pyridine rings is 1. The van der Waals surface area contributed by atoms with Crippen LogP contribution in [0.2, 0.25) is 5.02 Å². The van der Waals surface area contributed by atoms with E-state index in [0.717, 1.165) is 12.8 Å². The molecule has 1 amide bonds. The van der Waals surface area contributed by atoms with E-state index in [0.29, 0.717) is 40.1 Å². The van der Waals surface area contributed by atoms with Crippen LogP contribution in [0.4, 0.5) is 4.39 Å². The predicted molar refractivity (Wildman–Crippen MR) is 154 cm³/mol. The summed E-state index contributed by atoms with van der Waals surface area (Å²) in [6.07, 6.45) is 2.11. The average Bonchev–Trinajstić information content (AvgIpc) is 3.62. The van der Waals surface area contributed by atoms with Crippen molar-refractivity contribution in [3.63, 3.8) is 0 Å². The number of halogens is 2. The first-order valence-corrected chi connectivity index (χ1v) is 14.5. The lowest BCUT2D eigenvalue weighted by Gasteiger charge is -2.45. The van der Waals surface area contributed by atoms with Crippen molar-refractivity contribution >= 4 is 47.4 Å². The van der Waals surface area contributed by atoms with Gasteiger partial charge < -0.3 is 9.47 Å². The maximum absolute atomic E-state index is 14.0. The third-order valence-corrected chi connectivity index (χ3v) is 8.79. The number of thiophene rings is 1. The highest BCUT2D eigenvalue weighted by Gasteiger charge is 2.53. The van der Waals surface area contributed by atoms with E-state index in [-0.39, 0.29) is 23.8 Å². The van der Waals surface area contributed by atoms with Gasteiger partial charge in [-0.05, 0) is 71.0 Å². The summed E-state index contributed by atoms with van der Waals surface area (Å²) < 4.78 is 27.2. The number of ketones is 1. The van der Waals surface area contributed by atoms with E-state index in [1.807, 2.05) is 16.8 Å². The summed E-state index contributed by atoms with van der Waals surface area (Å²) in [5, 5.41) is 4.08. The fourth-order valence-electron chi connectivity index (χ4n) is 4.95. The van der Waals surface area contributed by atoms with Crippen molar-refractivity contribution in [1.82, 2.24) is 9.29 Å². The highest BCUT2D eigenvalue weighted by molar-refractivity contribution is 7.78. The molecule has 204 valence electrons. The van der Waals surface area contributed by atoms with Crippen LogP contribution in [0.3, 0.4) is 0 Å². The van der Waals surface area contributed by atoms with Crippen molar-refractivity contribution in [2.45, 2.75) is 30.7 Å². The van der Waals surface area contributed by atoms with Gasteiger partial charge >= 0.3 is 0 Å². The van der Waals surface area contributed by atoms with Crippen molar-refractivity contribution in [1.29, 1.82) is 0 Å². The van der Waals surface area contributed by atoms with E-state index in [2.05, 4.69) is 12.8 Å². The number of nitrogens with zero attached hydrogens (tertiary/aromatic N) is 2. The lowest BCUT2D eigenvalue weighted by molar-refractivity contribution is -0.142. The zero-order valence-electron chi connectivity index (χ0n) is 21.1. The van der Waals surface area contributed by atoms with Crippen LogP contribution in [-0.2, 0) is 15.1 Å². The minimum atomic E-state index is -1.29. The molecular formula is C30H24ClFN2O4S2. The number of amides is 1. The Morgan fingerprint density at radius 2 is 1.90 bits per heavy atom. The average molecular weight is 595 g/mol. The van der Waals surface area contributed by atoms with Gasteiger partial charge in [-0.3, -0.25) is 13.9 Å². The molecule has 2 aromatic carbocycles. The predicted octanol–water partition coefficient (Wildman–Crippen LogP) is 7.19. The lowest BCUT2D eigenvalue weighted by Crippen LogP contribution is -2.54. The number of ether oxygens (including phenoxy) is 2. The Hall–Kier alpha value is -3.40. The molecule has 10 heteroatoms. The SMILES string of the molecule is O=C1C[C@](c2ccsc2)(c2cccc(Oc3ccc(F)cc3OCC3CC3)n2)N(S)C(=O)C1c1ccccc1Cl. The molecule has 3 heterocycles. The fourth-order valence-corrected chi connectivity index (χ4v) is 6.32. The summed E-state index contributed by atoms with van der Waals surface area (Å²) in [6.45, 7) is 0.486. The number of carbonyl (C=O) groups is 2. The Morgan fingerprint density at radius 1 is 1.07 bits per heavy atom. The van der Waals surface area contributed by atoms with Crippen LogP contribution in [0.1, 0.15) is 42.0 Å². The van der Waals surface area contributed by atoms with Gasteiger partial charge in [-0.25, -0.2) is 9.37 Å². The number of rotatable bonds is 8. The molecule has 1 unspecified atom stereocenters. The van der Waals surface area contributed by atoms with Crippen LogP contribution >= 0.6 is 35.8 Å². The Morgan fingerprint density at radius 3 is 2.65 bits per heavy atom. The lowest BCUT2D eigenvalue weighted by atomic mass is 9.75. The number of piperidine rings is 1. The molecule has 40 heavy (non-hydrogen) atoms. The Bertz CT molecular complexity index is 1580. The van der Waals surface area contributed by atoms with E-state index in [9.17, 15) is 14.0 Å². The summed E-state index contributed by atoms with van der Waals surface area (Å²) in [5.41, 5.74) is 0.256. The quantitative estimate of drug-likeness (QED) is 0.173. The second-order valence-electron chi connectivity index (χ2n) is 9.93. The van der Waals surface area contributed by atoms with Crippen LogP contribution in [0.5, 0.6) is 17.4 Å². The van der Waals surface area contributed by atoms with Crippen molar-refractivity contribution < 1.29 is 23.5 Å². The van der Waals surface area contributed by atoms with Crippen LogP contribution in [0, 0.1) is 11.7 Å². The second-order valence-corrected chi connectivity index (χ2v) is 11.5. The van der Waals surface area contributed by atoms with Crippen molar-refractivity contribution in [2.75, 3.05) is 6.61 Å². The van der Waals surface area contributed by atoms with Crippen LogP contribution in [0.25, 0.3) is 0 Å². The Labute approximate surface area is 245 Å². The maximum Gasteiger partial charge on any atom is 0.248 e. The zero-order chi connectivity index (χ0) is 27.9. The smallest absolute Gasteiger partial charge is 0.248 e. The molecule has 0 N–H and O–H groups in total. The van der Waals surface area contributed by atoms with Gasteiger partial charge in [-0.15, -0.1) is 0 Å². The first-order valence-electron chi connectivity index (χ1n) is 12.8. The number of hydrogen-bond acceptors (Lipinski definition) is 7. The Balaban J connectivity index is 1.37. The first-order chi connectivity index (χ1) is 19.4. The van der Waals surface area contributed by atoms with Crippen molar-refractivity contribution in [3.05, 3.63) is 105 Å². The fraction of sp³-hybridized carbons (Fsp3) is 0.233. The number of thiol groups is 1. The van der Waals surface area contributed by atoms with Gasteiger partial charge in [0.2, 0.25) is 11.8 Å². The normalized spacial score (nSPS) is 21.0. The second kappa shape index (κ2) is 10.9. The molecule has 1 saturated carbocycles. The molecule has 0 radical (unpaired) electrons. The highest BCUT2D eigenvalue weighted by atomic mass is 35.5. The summed E-state index contributed by atoms with van der Waals surface area (Å²) in [7, 11) is 0. The number of hydrogen-bond donors (Lipinski definition) is 1. The minimum Gasteiger partial charge on any atom is -0.489 e. The van der Waals surface area contributed by atoms with Crippen LogP contribution in [0.15, 0.2) is 77.5 Å². The van der Waals surface area contributed by atoms with Crippen LogP contribution in [-0.4, -0.2) is 27.6 Å². The number of benzene rings is 2. The third kappa shape index (κ3) is 4.98. The monoisotopic (exact) mass is 594 g/mol. The minimum absolute atomic E-state index is 0.0718. The molecule has 0 spiro atoms. The standard InChI is InChI=1S/C30H24ClFN2O4S2/c31-22-5-2-1-4-21(22)28-23(35)15-30(34(39)29(28)36,19-12-13-40-17-19)26-6-3-7-27(33-26)38-24-11-10-20(32)14-25(24)37-16-18-8-9-18/h1-7,10-14,17-18,28,39H,8-9,15-16H2/t28?,30-/m0/s1. The third-order valence-electron chi connectivity index (χ3n) is 7.22. The van der Waals surface area contributed by atoms with Crippen molar-refractivity contribution in [2.24, 2.45) is 5.92 Å². The van der Waals surface area contributed by atoms with Gasteiger partial charge in [-0.2, -0.15) is 11.3 Å². The van der Waals surface area contributed by atoms with Gasteiger partial charge in [0.25, 0.3) is 0 Å². The number of carbonyl (C=O) groups excluding carboxylic acids is 2. The summed E-state index contributed by atoms with van der Waals surface area (Å²) >= 11 is 12.5. The molecule has 1 saturated heterocycles. The summed E-state index contributed by atoms with van der Waals surface area (Å²) in [4.78, 5) is 32.3. The molecule has 6 rings (SSSR count). The highest BCUT2D eigenvalue weighted by Crippen LogP contribution is 2.48. The van der Waals surface area contributed by atoms with Gasteiger partial charge in [0.05, 0.1) is 12.3 Å². The molecule has 2 atom stereocenters. The number of aromatic nitrogens is 1. The number of Topliss-reactive ketones (excluding diaryl/α,β-unsaturated/α-hetero) is 1.